The van der Waals surface area contributed by atoms with Crippen molar-refractivity contribution in [2.24, 2.45) is 0 Å². The van der Waals surface area contributed by atoms with Crippen molar-refractivity contribution in [3.63, 3.8) is 0 Å². The minimum Gasteiger partial charge on any atom is -0.497 e. The van der Waals surface area contributed by atoms with Crippen LogP contribution in [-0.2, 0) is 11.3 Å². The standard InChI is InChI=1S/C25H23N3O2/c1-30-21-13-11-18(12-14-21)16-28-23-10-6-5-9-22(23)26-25(28)19-15-24(29)27(17-19)20-7-3-2-4-8-20/h2-14,19H,15-17H2,1H3. The molecule has 1 atom stereocenters. The van der Waals surface area contributed by atoms with E-state index in [9.17, 15) is 4.79 Å². The van der Waals surface area contributed by atoms with E-state index in [4.69, 9.17) is 9.72 Å². The van der Waals surface area contributed by atoms with Crippen LogP contribution in [0.2, 0.25) is 0 Å². The summed E-state index contributed by atoms with van der Waals surface area (Å²) in [6.07, 6.45) is 0.473. The van der Waals surface area contributed by atoms with E-state index in [0.717, 1.165) is 28.3 Å². The predicted octanol–water partition coefficient (Wildman–Crippen LogP) is 4.61. The summed E-state index contributed by atoms with van der Waals surface area (Å²) in [5.74, 6) is 2.02. The van der Waals surface area contributed by atoms with Gasteiger partial charge >= 0.3 is 0 Å². The first-order valence-corrected chi connectivity index (χ1v) is 10.2. The minimum absolute atomic E-state index is 0.0587. The molecule has 1 saturated heterocycles. The molecule has 0 bridgehead atoms. The summed E-state index contributed by atoms with van der Waals surface area (Å²) >= 11 is 0. The normalized spacial score (nSPS) is 16.4. The molecule has 5 rings (SSSR count). The summed E-state index contributed by atoms with van der Waals surface area (Å²) in [7, 11) is 1.67. The predicted molar refractivity (Wildman–Crippen MR) is 118 cm³/mol. The van der Waals surface area contributed by atoms with Gasteiger partial charge in [0.1, 0.15) is 11.6 Å². The van der Waals surface area contributed by atoms with E-state index >= 15 is 0 Å². The number of carbonyl (C=O) groups is 1. The molecule has 1 fully saturated rings. The van der Waals surface area contributed by atoms with Gasteiger partial charge in [0.15, 0.2) is 0 Å². The summed E-state index contributed by atoms with van der Waals surface area (Å²) in [4.78, 5) is 19.6. The summed E-state index contributed by atoms with van der Waals surface area (Å²) in [6.45, 7) is 1.35. The van der Waals surface area contributed by atoms with E-state index in [-0.39, 0.29) is 11.8 Å². The Kier molecular flexibility index (Phi) is 4.71. The molecule has 1 aromatic heterocycles. The monoisotopic (exact) mass is 397 g/mol. The lowest BCUT2D eigenvalue weighted by molar-refractivity contribution is -0.117. The van der Waals surface area contributed by atoms with Crippen LogP contribution in [0.5, 0.6) is 5.75 Å². The van der Waals surface area contributed by atoms with Crippen molar-refractivity contribution in [1.82, 2.24) is 9.55 Å². The van der Waals surface area contributed by atoms with E-state index in [1.54, 1.807) is 7.11 Å². The summed E-state index contributed by atoms with van der Waals surface area (Å²) in [5.41, 5.74) is 4.17. The summed E-state index contributed by atoms with van der Waals surface area (Å²) in [6, 6.07) is 26.2. The van der Waals surface area contributed by atoms with Gasteiger partial charge in [-0.2, -0.15) is 0 Å². The van der Waals surface area contributed by atoms with E-state index < -0.39 is 0 Å². The molecular formula is C25H23N3O2. The average Bonchev–Trinajstić information content (AvgIpc) is 3.35. The molecule has 4 aromatic rings. The van der Waals surface area contributed by atoms with Crippen LogP contribution >= 0.6 is 0 Å². The lowest BCUT2D eigenvalue weighted by atomic mass is 10.1. The molecule has 2 heterocycles. The average molecular weight is 397 g/mol. The van der Waals surface area contributed by atoms with E-state index in [2.05, 4.69) is 22.8 Å². The van der Waals surface area contributed by atoms with Crippen molar-refractivity contribution in [3.8, 4) is 5.75 Å². The van der Waals surface area contributed by atoms with E-state index in [0.29, 0.717) is 19.5 Å². The molecule has 3 aromatic carbocycles. The fraction of sp³-hybridized carbons (Fsp3) is 0.200. The maximum absolute atomic E-state index is 12.8. The maximum atomic E-state index is 12.8. The fourth-order valence-electron chi connectivity index (χ4n) is 4.22. The number of hydrogen-bond acceptors (Lipinski definition) is 3. The highest BCUT2D eigenvalue weighted by molar-refractivity contribution is 5.96. The third-order valence-corrected chi connectivity index (χ3v) is 5.74. The number of rotatable bonds is 5. The first kappa shape index (κ1) is 18.4. The van der Waals surface area contributed by atoms with Crippen LogP contribution in [0.3, 0.4) is 0 Å². The molecule has 150 valence electrons. The Balaban J connectivity index is 1.51. The van der Waals surface area contributed by atoms with Gasteiger partial charge in [0.2, 0.25) is 5.91 Å². The van der Waals surface area contributed by atoms with Crippen molar-refractivity contribution < 1.29 is 9.53 Å². The van der Waals surface area contributed by atoms with Gasteiger partial charge in [0.05, 0.1) is 18.1 Å². The first-order chi connectivity index (χ1) is 14.7. The maximum Gasteiger partial charge on any atom is 0.227 e. The molecule has 0 saturated carbocycles. The highest BCUT2D eigenvalue weighted by Crippen LogP contribution is 2.33. The number of aromatic nitrogens is 2. The van der Waals surface area contributed by atoms with E-state index in [1.807, 2.05) is 65.6 Å². The molecule has 1 aliphatic heterocycles. The van der Waals surface area contributed by atoms with E-state index in [1.165, 1.54) is 5.56 Å². The number of fused-ring (bicyclic) bond motifs is 1. The molecule has 0 spiro atoms. The van der Waals surface area contributed by atoms with Gasteiger partial charge in [-0.05, 0) is 42.0 Å². The second-order valence-corrected chi connectivity index (χ2v) is 7.63. The number of anilines is 1. The van der Waals surface area contributed by atoms with Gasteiger partial charge in [0, 0.05) is 31.1 Å². The third kappa shape index (κ3) is 3.32. The van der Waals surface area contributed by atoms with Crippen LogP contribution < -0.4 is 9.64 Å². The zero-order chi connectivity index (χ0) is 20.5. The van der Waals surface area contributed by atoms with Crippen molar-refractivity contribution in [1.29, 1.82) is 0 Å². The molecule has 0 radical (unpaired) electrons. The number of imidazole rings is 1. The fourth-order valence-corrected chi connectivity index (χ4v) is 4.22. The van der Waals surface area contributed by atoms with Crippen LogP contribution in [0.15, 0.2) is 78.9 Å². The lowest BCUT2D eigenvalue weighted by Gasteiger charge is -2.17. The van der Waals surface area contributed by atoms with Crippen LogP contribution in [0, 0.1) is 0 Å². The molecule has 1 unspecified atom stereocenters. The largest absolute Gasteiger partial charge is 0.497 e. The third-order valence-electron chi connectivity index (χ3n) is 5.74. The number of benzene rings is 3. The molecule has 0 aliphatic carbocycles. The Morgan fingerprint density at radius 3 is 2.47 bits per heavy atom. The van der Waals surface area contributed by atoms with Gasteiger partial charge in [-0.1, -0.05) is 42.5 Å². The highest BCUT2D eigenvalue weighted by Gasteiger charge is 2.34. The number of carbonyl (C=O) groups excluding carboxylic acids is 1. The number of nitrogens with zero attached hydrogens (tertiary/aromatic N) is 3. The molecule has 5 nitrogen and oxygen atoms in total. The number of ether oxygens (including phenoxy) is 1. The SMILES string of the molecule is COc1ccc(Cn2c(C3CC(=O)N(c4ccccc4)C3)nc3ccccc32)cc1. The van der Waals surface area contributed by atoms with Crippen molar-refractivity contribution in [2.75, 3.05) is 18.6 Å². The van der Waals surface area contributed by atoms with Gasteiger partial charge in [-0.3, -0.25) is 4.79 Å². The first-order valence-electron chi connectivity index (χ1n) is 10.2. The van der Waals surface area contributed by atoms with Crippen molar-refractivity contribution in [2.45, 2.75) is 18.9 Å². The summed E-state index contributed by atoms with van der Waals surface area (Å²) < 4.78 is 7.54. The Morgan fingerprint density at radius 1 is 0.967 bits per heavy atom. The Morgan fingerprint density at radius 2 is 1.70 bits per heavy atom. The zero-order valence-electron chi connectivity index (χ0n) is 16.9. The quantitative estimate of drug-likeness (QED) is 0.494. The molecular weight excluding hydrogens is 374 g/mol. The number of methoxy groups -OCH3 is 1. The van der Waals surface area contributed by atoms with Gasteiger partial charge in [-0.25, -0.2) is 4.98 Å². The van der Waals surface area contributed by atoms with Crippen LogP contribution in [0.1, 0.15) is 23.7 Å². The Bertz CT molecular complexity index is 1180. The van der Waals surface area contributed by atoms with Crippen LogP contribution in [0.4, 0.5) is 5.69 Å². The topological polar surface area (TPSA) is 47.4 Å². The Labute approximate surface area is 175 Å². The smallest absolute Gasteiger partial charge is 0.227 e. The number of hydrogen-bond donors (Lipinski definition) is 0. The number of para-hydroxylation sites is 3. The van der Waals surface area contributed by atoms with Gasteiger partial charge in [0.25, 0.3) is 0 Å². The minimum atomic E-state index is 0.0587. The van der Waals surface area contributed by atoms with Crippen molar-refractivity contribution in [3.05, 3.63) is 90.3 Å². The molecule has 1 aliphatic rings. The van der Waals surface area contributed by atoms with Crippen LogP contribution in [-0.4, -0.2) is 29.1 Å². The molecule has 1 amide bonds. The lowest BCUT2D eigenvalue weighted by Crippen LogP contribution is -2.24. The van der Waals surface area contributed by atoms with Gasteiger partial charge < -0.3 is 14.2 Å². The number of amides is 1. The van der Waals surface area contributed by atoms with Gasteiger partial charge in [-0.15, -0.1) is 0 Å². The van der Waals surface area contributed by atoms with Crippen molar-refractivity contribution >= 4 is 22.6 Å². The molecule has 0 N–H and O–H groups in total. The molecule has 5 heteroatoms. The Hall–Kier alpha value is -3.60. The summed E-state index contributed by atoms with van der Waals surface area (Å²) in [5, 5.41) is 0. The second kappa shape index (κ2) is 7.67. The van der Waals surface area contributed by atoms with Crippen LogP contribution in [0.25, 0.3) is 11.0 Å². The molecule has 30 heavy (non-hydrogen) atoms. The second-order valence-electron chi connectivity index (χ2n) is 7.63. The highest BCUT2D eigenvalue weighted by atomic mass is 16.5. The zero-order valence-corrected chi connectivity index (χ0v) is 16.9.